The van der Waals surface area contributed by atoms with Crippen LogP contribution in [0.5, 0.6) is 0 Å². The molecular weight excluding hydrogens is 244 g/mol. The number of rotatable bonds is 5. The maximum Gasteiger partial charge on any atom is 0.272 e. The highest BCUT2D eigenvalue weighted by atomic mass is 16.6. The summed E-state index contributed by atoms with van der Waals surface area (Å²) in [6, 6.07) is 8.79. The van der Waals surface area contributed by atoms with Gasteiger partial charge in [0, 0.05) is 17.2 Å². The third-order valence-electron chi connectivity index (χ3n) is 2.89. The zero-order chi connectivity index (χ0) is 13.8. The third-order valence-corrected chi connectivity index (χ3v) is 2.89. The van der Waals surface area contributed by atoms with Crippen molar-refractivity contribution in [1.29, 1.82) is 0 Å². The molecule has 2 rings (SSSR count). The van der Waals surface area contributed by atoms with E-state index in [1.807, 2.05) is 19.1 Å². The van der Waals surface area contributed by atoms with Gasteiger partial charge in [-0.3, -0.25) is 10.1 Å². The van der Waals surface area contributed by atoms with Gasteiger partial charge in [-0.2, -0.15) is 0 Å². The van der Waals surface area contributed by atoms with Gasteiger partial charge < -0.3 is 9.73 Å². The highest BCUT2D eigenvalue weighted by Gasteiger charge is 2.12. The SMILES string of the molecule is CCNCc1ccc(-c2ccc([N+](=O)[O-])c(C)c2)o1. The Morgan fingerprint density at radius 3 is 2.74 bits per heavy atom. The lowest BCUT2D eigenvalue weighted by molar-refractivity contribution is -0.385. The van der Waals surface area contributed by atoms with E-state index in [1.165, 1.54) is 6.07 Å². The smallest absolute Gasteiger partial charge is 0.272 e. The lowest BCUT2D eigenvalue weighted by Gasteiger charge is -2.01. The molecule has 0 aliphatic rings. The number of nitrogens with zero attached hydrogens (tertiary/aromatic N) is 1. The first-order chi connectivity index (χ1) is 9.11. The standard InChI is InChI=1S/C14H16N2O3/c1-3-15-9-12-5-7-14(19-12)11-4-6-13(16(17)18)10(2)8-11/h4-8,15H,3,9H2,1-2H3. The quantitative estimate of drug-likeness (QED) is 0.661. The van der Waals surface area contributed by atoms with Crippen molar-refractivity contribution in [3.63, 3.8) is 0 Å². The summed E-state index contributed by atoms with van der Waals surface area (Å²) in [6.07, 6.45) is 0. The summed E-state index contributed by atoms with van der Waals surface area (Å²) >= 11 is 0. The van der Waals surface area contributed by atoms with Gasteiger partial charge in [-0.05, 0) is 37.7 Å². The highest BCUT2D eigenvalue weighted by Crippen LogP contribution is 2.27. The van der Waals surface area contributed by atoms with E-state index in [0.29, 0.717) is 12.1 Å². The number of nitro groups is 1. The maximum atomic E-state index is 10.8. The molecule has 1 heterocycles. The molecule has 5 heteroatoms. The van der Waals surface area contributed by atoms with Gasteiger partial charge in [0.2, 0.25) is 0 Å². The fourth-order valence-electron chi connectivity index (χ4n) is 1.89. The van der Waals surface area contributed by atoms with Crippen LogP contribution in [0.25, 0.3) is 11.3 Å². The minimum absolute atomic E-state index is 0.128. The van der Waals surface area contributed by atoms with Crippen LogP contribution in [0.3, 0.4) is 0 Å². The molecule has 0 unspecified atom stereocenters. The van der Waals surface area contributed by atoms with Crippen LogP contribution in [0.4, 0.5) is 5.69 Å². The van der Waals surface area contributed by atoms with Crippen molar-refractivity contribution < 1.29 is 9.34 Å². The average Bonchev–Trinajstić information content (AvgIpc) is 2.84. The first-order valence-electron chi connectivity index (χ1n) is 6.16. The first kappa shape index (κ1) is 13.3. The van der Waals surface area contributed by atoms with Crippen LogP contribution >= 0.6 is 0 Å². The van der Waals surface area contributed by atoms with Crippen LogP contribution in [-0.2, 0) is 6.54 Å². The highest BCUT2D eigenvalue weighted by molar-refractivity contribution is 5.62. The van der Waals surface area contributed by atoms with Gasteiger partial charge >= 0.3 is 0 Å². The molecule has 0 radical (unpaired) electrons. The van der Waals surface area contributed by atoms with Crippen molar-refractivity contribution in [3.8, 4) is 11.3 Å². The normalized spacial score (nSPS) is 10.6. The molecule has 0 aliphatic carbocycles. The molecule has 0 saturated carbocycles. The second-order valence-corrected chi connectivity index (χ2v) is 4.30. The number of hydrogen-bond acceptors (Lipinski definition) is 4. The maximum absolute atomic E-state index is 10.8. The van der Waals surface area contributed by atoms with Crippen molar-refractivity contribution in [2.45, 2.75) is 20.4 Å². The zero-order valence-corrected chi connectivity index (χ0v) is 11.0. The molecule has 0 bridgehead atoms. The van der Waals surface area contributed by atoms with Crippen LogP contribution in [-0.4, -0.2) is 11.5 Å². The van der Waals surface area contributed by atoms with Crippen molar-refractivity contribution in [2.24, 2.45) is 0 Å². The topological polar surface area (TPSA) is 68.3 Å². The Morgan fingerprint density at radius 2 is 2.11 bits per heavy atom. The van der Waals surface area contributed by atoms with E-state index < -0.39 is 0 Å². The Balaban J connectivity index is 2.24. The van der Waals surface area contributed by atoms with E-state index >= 15 is 0 Å². The summed E-state index contributed by atoms with van der Waals surface area (Å²) in [5.41, 5.74) is 1.61. The largest absolute Gasteiger partial charge is 0.460 e. The summed E-state index contributed by atoms with van der Waals surface area (Å²) in [7, 11) is 0. The van der Waals surface area contributed by atoms with Gasteiger partial charge in [-0.1, -0.05) is 6.92 Å². The van der Waals surface area contributed by atoms with E-state index in [1.54, 1.807) is 19.1 Å². The second-order valence-electron chi connectivity index (χ2n) is 4.30. The molecule has 1 aromatic carbocycles. The molecule has 0 amide bonds. The average molecular weight is 260 g/mol. The van der Waals surface area contributed by atoms with Gasteiger partial charge in [0.25, 0.3) is 5.69 Å². The molecule has 100 valence electrons. The summed E-state index contributed by atoms with van der Waals surface area (Å²) in [6.45, 7) is 5.32. The van der Waals surface area contributed by atoms with Crippen molar-refractivity contribution >= 4 is 5.69 Å². The fraction of sp³-hybridized carbons (Fsp3) is 0.286. The first-order valence-corrected chi connectivity index (χ1v) is 6.16. The van der Waals surface area contributed by atoms with Crippen molar-refractivity contribution in [3.05, 3.63) is 51.8 Å². The molecule has 1 N–H and O–H groups in total. The fourth-order valence-corrected chi connectivity index (χ4v) is 1.89. The zero-order valence-electron chi connectivity index (χ0n) is 11.0. The van der Waals surface area contributed by atoms with E-state index in [0.717, 1.165) is 23.6 Å². The van der Waals surface area contributed by atoms with Gasteiger partial charge in [0.15, 0.2) is 0 Å². The van der Waals surface area contributed by atoms with Gasteiger partial charge in [-0.25, -0.2) is 0 Å². The predicted molar refractivity (Wildman–Crippen MR) is 72.9 cm³/mol. The summed E-state index contributed by atoms with van der Waals surface area (Å²) in [5, 5.41) is 13.9. The van der Waals surface area contributed by atoms with Gasteiger partial charge in [0.1, 0.15) is 11.5 Å². The van der Waals surface area contributed by atoms with Crippen LogP contribution in [0.1, 0.15) is 18.2 Å². The Labute approximate surface area is 111 Å². The van der Waals surface area contributed by atoms with Crippen LogP contribution in [0.2, 0.25) is 0 Å². The predicted octanol–water partition coefficient (Wildman–Crippen LogP) is 3.27. The molecule has 1 aromatic heterocycles. The molecule has 0 spiro atoms. The van der Waals surface area contributed by atoms with E-state index in [2.05, 4.69) is 5.32 Å². The van der Waals surface area contributed by atoms with Crippen molar-refractivity contribution in [2.75, 3.05) is 6.54 Å². The number of nitro benzene ring substituents is 1. The van der Waals surface area contributed by atoms with Crippen LogP contribution in [0, 0.1) is 17.0 Å². The molecule has 19 heavy (non-hydrogen) atoms. The molecule has 5 nitrogen and oxygen atoms in total. The summed E-state index contributed by atoms with van der Waals surface area (Å²) in [5.74, 6) is 1.58. The second kappa shape index (κ2) is 5.67. The summed E-state index contributed by atoms with van der Waals surface area (Å²) < 4.78 is 5.69. The molecule has 2 aromatic rings. The molecular formula is C14H16N2O3. The Kier molecular flexibility index (Phi) is 3.97. The molecule has 0 fully saturated rings. The van der Waals surface area contributed by atoms with Gasteiger partial charge in [0.05, 0.1) is 11.5 Å². The number of hydrogen-bond donors (Lipinski definition) is 1. The number of benzene rings is 1. The molecule has 0 saturated heterocycles. The van der Waals surface area contributed by atoms with E-state index in [-0.39, 0.29) is 10.6 Å². The minimum Gasteiger partial charge on any atom is -0.460 e. The van der Waals surface area contributed by atoms with Crippen molar-refractivity contribution in [1.82, 2.24) is 5.32 Å². The Morgan fingerprint density at radius 1 is 1.32 bits per heavy atom. The number of furan rings is 1. The number of nitrogens with one attached hydrogen (secondary N) is 1. The monoisotopic (exact) mass is 260 g/mol. The lowest BCUT2D eigenvalue weighted by atomic mass is 10.1. The number of aryl methyl sites for hydroxylation is 1. The lowest BCUT2D eigenvalue weighted by Crippen LogP contribution is -2.10. The Bertz CT molecular complexity index is 590. The Hall–Kier alpha value is -2.14. The molecule has 0 atom stereocenters. The van der Waals surface area contributed by atoms with Crippen LogP contribution < -0.4 is 5.32 Å². The third kappa shape index (κ3) is 3.00. The summed E-state index contributed by atoms with van der Waals surface area (Å²) in [4.78, 5) is 10.4. The molecule has 0 aliphatic heterocycles. The minimum atomic E-state index is -0.377. The van der Waals surface area contributed by atoms with E-state index in [4.69, 9.17) is 4.42 Å². The van der Waals surface area contributed by atoms with E-state index in [9.17, 15) is 10.1 Å². The van der Waals surface area contributed by atoms with Crippen LogP contribution in [0.15, 0.2) is 34.7 Å². The van der Waals surface area contributed by atoms with Gasteiger partial charge in [-0.15, -0.1) is 0 Å².